The monoisotopic (exact) mass is 378 g/mol. The van der Waals surface area contributed by atoms with Crippen molar-refractivity contribution in [2.45, 2.75) is 26.0 Å². The summed E-state index contributed by atoms with van der Waals surface area (Å²) in [6, 6.07) is 16.7. The largest absolute Gasteiger partial charge is 0.493 e. The van der Waals surface area contributed by atoms with Gasteiger partial charge in [-0.05, 0) is 24.6 Å². The van der Waals surface area contributed by atoms with Gasteiger partial charge >= 0.3 is 0 Å². The Hall–Kier alpha value is -2.24. The minimum Gasteiger partial charge on any atom is -0.493 e. The second kappa shape index (κ2) is 10.7. The number of halogens is 1. The third kappa shape index (κ3) is 5.93. The number of benzene rings is 2. The van der Waals surface area contributed by atoms with E-state index in [1.807, 2.05) is 68.4 Å². The number of carbonyl (C=O) groups excluding carboxylic acids is 1. The van der Waals surface area contributed by atoms with Gasteiger partial charge in [-0.25, -0.2) is 0 Å². The van der Waals surface area contributed by atoms with E-state index in [4.69, 9.17) is 15.2 Å². The van der Waals surface area contributed by atoms with Crippen LogP contribution in [0.5, 0.6) is 11.5 Å². The van der Waals surface area contributed by atoms with Gasteiger partial charge in [0.25, 0.3) is 0 Å². The summed E-state index contributed by atoms with van der Waals surface area (Å²) in [5.41, 5.74) is 7.15. The first kappa shape index (κ1) is 21.8. The molecule has 5 nitrogen and oxygen atoms in total. The fourth-order valence-corrected chi connectivity index (χ4v) is 2.51. The second-order valence-corrected chi connectivity index (χ2v) is 6.05. The first-order valence-corrected chi connectivity index (χ1v) is 8.40. The lowest BCUT2D eigenvalue weighted by molar-refractivity contribution is -0.125. The zero-order valence-electron chi connectivity index (χ0n) is 15.3. The smallest absolute Gasteiger partial charge is 0.224 e. The molecule has 2 aromatic rings. The maximum atomic E-state index is 12.4. The van der Waals surface area contributed by atoms with Crippen molar-refractivity contribution in [3.63, 3.8) is 0 Å². The van der Waals surface area contributed by atoms with Gasteiger partial charge in [-0.2, -0.15) is 0 Å². The first-order valence-electron chi connectivity index (χ1n) is 8.40. The van der Waals surface area contributed by atoms with Gasteiger partial charge in [0.1, 0.15) is 6.10 Å². The topological polar surface area (TPSA) is 73.6 Å². The Morgan fingerprint density at radius 3 is 2.23 bits per heavy atom. The molecule has 0 aliphatic heterocycles. The van der Waals surface area contributed by atoms with Crippen LogP contribution in [0.2, 0.25) is 0 Å². The van der Waals surface area contributed by atoms with Gasteiger partial charge in [0, 0.05) is 6.04 Å². The number of carbonyl (C=O) groups is 1. The molecule has 142 valence electrons. The number of hydrogen-bond donors (Lipinski definition) is 2. The Labute approximate surface area is 161 Å². The molecule has 6 heteroatoms. The molecular weight excluding hydrogens is 352 g/mol. The predicted octanol–water partition coefficient (Wildman–Crippen LogP) is 3.34. The molecule has 0 spiro atoms. The normalized spacial score (nSPS) is 13.7. The quantitative estimate of drug-likeness (QED) is 0.738. The van der Waals surface area contributed by atoms with E-state index in [1.165, 1.54) is 0 Å². The molecular formula is C20H27ClN2O3. The highest BCUT2D eigenvalue weighted by molar-refractivity contribution is 5.85. The summed E-state index contributed by atoms with van der Waals surface area (Å²) in [5.74, 6) is 0.897. The highest BCUT2D eigenvalue weighted by Crippen LogP contribution is 2.26. The van der Waals surface area contributed by atoms with Gasteiger partial charge in [0.05, 0.1) is 19.6 Å². The molecule has 0 saturated heterocycles. The minimum atomic E-state index is -0.341. The summed E-state index contributed by atoms with van der Waals surface area (Å²) < 4.78 is 11.1. The third-order valence-corrected chi connectivity index (χ3v) is 4.10. The fourth-order valence-electron chi connectivity index (χ4n) is 2.51. The predicted molar refractivity (Wildman–Crippen MR) is 106 cm³/mol. The Bertz CT molecular complexity index is 682. The van der Waals surface area contributed by atoms with Crippen molar-refractivity contribution in [1.82, 2.24) is 5.32 Å². The Morgan fingerprint density at radius 1 is 1.04 bits per heavy atom. The van der Waals surface area contributed by atoms with Crippen molar-refractivity contribution in [1.29, 1.82) is 0 Å². The molecule has 0 heterocycles. The molecule has 3 atom stereocenters. The van der Waals surface area contributed by atoms with Crippen LogP contribution >= 0.6 is 12.4 Å². The average molecular weight is 379 g/mol. The lowest BCUT2D eigenvalue weighted by Crippen LogP contribution is -2.40. The molecule has 0 aliphatic rings. The molecule has 0 saturated carbocycles. The van der Waals surface area contributed by atoms with Gasteiger partial charge < -0.3 is 20.5 Å². The van der Waals surface area contributed by atoms with Crippen LogP contribution in [0, 0.1) is 5.92 Å². The second-order valence-electron chi connectivity index (χ2n) is 6.05. The van der Waals surface area contributed by atoms with Crippen LogP contribution in [-0.2, 0) is 4.79 Å². The summed E-state index contributed by atoms with van der Waals surface area (Å²) >= 11 is 0. The molecule has 0 aromatic heterocycles. The summed E-state index contributed by atoms with van der Waals surface area (Å²) in [4.78, 5) is 12.4. The number of amides is 1. The molecule has 2 rings (SSSR count). The van der Waals surface area contributed by atoms with Crippen molar-refractivity contribution in [2.75, 3.05) is 13.7 Å². The van der Waals surface area contributed by atoms with E-state index in [-0.39, 0.29) is 36.4 Å². The Balaban J connectivity index is 0.00000338. The van der Waals surface area contributed by atoms with Crippen molar-refractivity contribution < 1.29 is 14.3 Å². The van der Waals surface area contributed by atoms with E-state index in [0.29, 0.717) is 18.0 Å². The molecule has 2 aromatic carbocycles. The van der Waals surface area contributed by atoms with Crippen LogP contribution in [0.4, 0.5) is 0 Å². The highest BCUT2D eigenvalue weighted by atomic mass is 35.5. The summed E-state index contributed by atoms with van der Waals surface area (Å²) in [5, 5.41) is 2.91. The fraction of sp³-hybridized carbons (Fsp3) is 0.350. The van der Waals surface area contributed by atoms with Crippen LogP contribution in [0.1, 0.15) is 25.5 Å². The maximum absolute atomic E-state index is 12.4. The molecule has 26 heavy (non-hydrogen) atoms. The number of rotatable bonds is 8. The van der Waals surface area contributed by atoms with E-state index < -0.39 is 0 Å². The van der Waals surface area contributed by atoms with E-state index in [1.54, 1.807) is 7.11 Å². The van der Waals surface area contributed by atoms with E-state index >= 15 is 0 Å². The van der Waals surface area contributed by atoms with Crippen LogP contribution in [0.3, 0.4) is 0 Å². The lowest BCUT2D eigenvalue weighted by Gasteiger charge is -2.22. The SMILES string of the molecule is COc1ccccc1OC(C)CNC(=O)C(C)C(N)c1ccccc1.Cl. The Morgan fingerprint density at radius 2 is 1.62 bits per heavy atom. The zero-order chi connectivity index (χ0) is 18.2. The van der Waals surface area contributed by atoms with Gasteiger partial charge in [-0.1, -0.05) is 49.4 Å². The summed E-state index contributed by atoms with van der Waals surface area (Å²) in [7, 11) is 1.60. The average Bonchev–Trinajstić information content (AvgIpc) is 2.66. The van der Waals surface area contributed by atoms with Gasteiger partial charge in [-0.15, -0.1) is 12.4 Å². The number of nitrogens with two attached hydrogens (primary N) is 1. The van der Waals surface area contributed by atoms with E-state index in [0.717, 1.165) is 5.56 Å². The highest BCUT2D eigenvalue weighted by Gasteiger charge is 2.22. The van der Waals surface area contributed by atoms with Gasteiger partial charge in [0.15, 0.2) is 11.5 Å². The van der Waals surface area contributed by atoms with Gasteiger partial charge in [0.2, 0.25) is 5.91 Å². The first-order chi connectivity index (χ1) is 12.0. The Kier molecular flexibility index (Phi) is 8.96. The number of methoxy groups -OCH3 is 1. The van der Waals surface area contributed by atoms with E-state index in [2.05, 4.69) is 5.32 Å². The summed E-state index contributed by atoms with van der Waals surface area (Å²) in [6.45, 7) is 4.12. The molecule has 3 unspecified atom stereocenters. The van der Waals surface area contributed by atoms with Crippen LogP contribution in [-0.4, -0.2) is 25.7 Å². The number of nitrogens with one attached hydrogen (secondary N) is 1. The standard InChI is InChI=1S/C20H26N2O3.ClH/c1-14(25-18-12-8-7-11-17(18)24-3)13-22-20(23)15(2)19(21)16-9-5-4-6-10-16;/h4-12,14-15,19H,13,21H2,1-3H3,(H,22,23);1H. The van der Waals surface area contributed by atoms with E-state index in [9.17, 15) is 4.79 Å². The van der Waals surface area contributed by atoms with Crippen molar-refractivity contribution >= 4 is 18.3 Å². The molecule has 1 amide bonds. The van der Waals surface area contributed by atoms with Crippen molar-refractivity contribution in [3.8, 4) is 11.5 Å². The molecule has 0 aliphatic carbocycles. The van der Waals surface area contributed by atoms with Crippen molar-refractivity contribution in [2.24, 2.45) is 11.7 Å². The number of ether oxygens (including phenoxy) is 2. The van der Waals surface area contributed by atoms with Gasteiger partial charge in [-0.3, -0.25) is 4.79 Å². The van der Waals surface area contributed by atoms with Crippen molar-refractivity contribution in [3.05, 3.63) is 60.2 Å². The minimum absolute atomic E-state index is 0. The summed E-state index contributed by atoms with van der Waals surface area (Å²) in [6.07, 6.45) is -0.194. The zero-order valence-corrected chi connectivity index (χ0v) is 16.2. The molecule has 3 N–H and O–H groups in total. The van der Waals surface area contributed by atoms with Crippen LogP contribution in [0.15, 0.2) is 54.6 Å². The number of hydrogen-bond acceptors (Lipinski definition) is 4. The van der Waals surface area contributed by atoms with Crippen LogP contribution in [0.25, 0.3) is 0 Å². The van der Waals surface area contributed by atoms with Crippen LogP contribution < -0.4 is 20.5 Å². The number of para-hydroxylation sites is 2. The molecule has 0 bridgehead atoms. The lowest BCUT2D eigenvalue weighted by atomic mass is 9.94. The molecule has 0 fully saturated rings. The molecule has 0 radical (unpaired) electrons. The third-order valence-electron chi connectivity index (χ3n) is 4.10. The maximum Gasteiger partial charge on any atom is 0.224 e.